The molecule has 12 heteroatoms. The number of hydrogen-bond acceptors (Lipinski definition) is 6. The molecule has 0 radical (unpaired) electrons. The number of halogens is 3. The van der Waals surface area contributed by atoms with E-state index in [1.54, 1.807) is 32.0 Å². The number of methoxy groups -OCH3 is 1. The van der Waals surface area contributed by atoms with E-state index in [0.29, 0.717) is 34.1 Å². The van der Waals surface area contributed by atoms with Crippen molar-refractivity contribution in [1.29, 1.82) is 0 Å². The monoisotopic (exact) mass is 450 g/mol. The van der Waals surface area contributed by atoms with E-state index in [9.17, 15) is 22.8 Å². The Labute approximate surface area is 181 Å². The van der Waals surface area contributed by atoms with Crippen LogP contribution in [0.25, 0.3) is 5.78 Å². The van der Waals surface area contributed by atoms with Crippen molar-refractivity contribution in [1.82, 2.24) is 19.6 Å². The van der Waals surface area contributed by atoms with Gasteiger partial charge in [0.25, 0.3) is 11.6 Å². The maximum absolute atomic E-state index is 12.9. The summed E-state index contributed by atoms with van der Waals surface area (Å²) in [6.07, 6.45) is -4.45. The zero-order valence-electron chi connectivity index (χ0n) is 17.8. The summed E-state index contributed by atoms with van der Waals surface area (Å²) >= 11 is 0. The summed E-state index contributed by atoms with van der Waals surface area (Å²) in [4.78, 5) is 31.5. The Balaban J connectivity index is 1.80. The molecule has 2 heterocycles. The Bertz CT molecular complexity index is 1190. The number of fused-ring (bicyclic) bond motifs is 1. The summed E-state index contributed by atoms with van der Waals surface area (Å²) in [7, 11) is 1.47. The van der Waals surface area contributed by atoms with Crippen molar-refractivity contribution in [3.8, 4) is 5.75 Å². The average Bonchev–Trinajstić information content (AvgIpc) is 3.13. The molecule has 9 nitrogen and oxygen atoms in total. The third kappa shape index (κ3) is 4.95. The predicted molar refractivity (Wildman–Crippen MR) is 110 cm³/mol. The second-order valence-electron chi connectivity index (χ2n) is 7.05. The topological polar surface area (TPSA) is 111 Å². The first-order valence-corrected chi connectivity index (χ1v) is 9.55. The van der Waals surface area contributed by atoms with Crippen LogP contribution >= 0.6 is 0 Å². The number of anilines is 2. The van der Waals surface area contributed by atoms with Crippen LogP contribution in [0.15, 0.2) is 18.2 Å². The molecule has 2 N–H and O–H groups in total. The largest absolute Gasteiger partial charge is 0.497 e. The van der Waals surface area contributed by atoms with E-state index < -0.39 is 12.0 Å². The molecule has 2 amide bonds. The zero-order valence-corrected chi connectivity index (χ0v) is 17.8. The van der Waals surface area contributed by atoms with Crippen molar-refractivity contribution in [3.63, 3.8) is 0 Å². The van der Waals surface area contributed by atoms with Crippen molar-refractivity contribution in [3.05, 3.63) is 41.0 Å². The molecule has 0 saturated heterocycles. The van der Waals surface area contributed by atoms with E-state index in [1.807, 2.05) is 0 Å². The number of hydrogen-bond donors (Lipinski definition) is 2. The van der Waals surface area contributed by atoms with E-state index in [-0.39, 0.29) is 30.4 Å². The minimum atomic E-state index is -4.68. The van der Waals surface area contributed by atoms with Gasteiger partial charge in [0.1, 0.15) is 5.75 Å². The molecular formula is C20H21F3N6O3. The minimum absolute atomic E-state index is 0.0203. The number of benzene rings is 1. The van der Waals surface area contributed by atoms with Crippen LogP contribution in [0.2, 0.25) is 0 Å². The Morgan fingerprint density at radius 2 is 1.84 bits per heavy atom. The van der Waals surface area contributed by atoms with Crippen LogP contribution < -0.4 is 15.4 Å². The van der Waals surface area contributed by atoms with E-state index >= 15 is 0 Å². The fourth-order valence-corrected chi connectivity index (χ4v) is 3.19. The van der Waals surface area contributed by atoms with Crippen molar-refractivity contribution < 1.29 is 27.5 Å². The number of carbonyl (C=O) groups excluding carboxylic acids is 2. The van der Waals surface area contributed by atoms with Crippen LogP contribution in [0.3, 0.4) is 0 Å². The number of nitrogens with one attached hydrogen (secondary N) is 2. The number of nitrogens with zero attached hydrogens (tertiary/aromatic N) is 4. The van der Waals surface area contributed by atoms with Gasteiger partial charge in [-0.1, -0.05) is 0 Å². The number of carbonyl (C=O) groups is 2. The van der Waals surface area contributed by atoms with E-state index in [1.165, 1.54) is 14.0 Å². The Morgan fingerprint density at radius 3 is 2.47 bits per heavy atom. The summed E-state index contributed by atoms with van der Waals surface area (Å²) < 4.78 is 45.0. The lowest BCUT2D eigenvalue weighted by Gasteiger charge is -2.14. The Hall–Kier alpha value is -3.70. The molecule has 1 aromatic carbocycles. The molecule has 0 bridgehead atoms. The molecule has 0 aliphatic rings. The van der Waals surface area contributed by atoms with Crippen LogP contribution in [-0.2, 0) is 22.2 Å². The smallest absolute Gasteiger partial charge is 0.453 e. The van der Waals surface area contributed by atoms with Gasteiger partial charge in [-0.2, -0.15) is 18.2 Å². The zero-order chi connectivity index (χ0) is 23.6. The quantitative estimate of drug-likeness (QED) is 0.596. The van der Waals surface area contributed by atoms with Gasteiger partial charge in [-0.25, -0.2) is 9.50 Å². The first-order chi connectivity index (χ1) is 15.0. The van der Waals surface area contributed by atoms with Gasteiger partial charge in [0.15, 0.2) is 0 Å². The number of alkyl halides is 3. The fourth-order valence-electron chi connectivity index (χ4n) is 3.19. The fraction of sp³-hybridized carbons (Fsp3) is 0.350. The molecule has 2 aromatic heterocycles. The average molecular weight is 450 g/mol. The van der Waals surface area contributed by atoms with Crippen molar-refractivity contribution in [2.45, 2.75) is 39.8 Å². The summed E-state index contributed by atoms with van der Waals surface area (Å²) in [5.74, 6) is -1.61. The molecule has 0 aliphatic heterocycles. The van der Waals surface area contributed by atoms with Gasteiger partial charge < -0.3 is 15.4 Å². The maximum atomic E-state index is 12.9. The highest BCUT2D eigenvalue weighted by molar-refractivity contribution is 5.99. The SMILES string of the molecule is COc1ccc(NC(C)=O)c(NC(=O)CCc2c(C)nc3nc(C(F)(F)F)nn3c2C)c1. The standard InChI is InChI=1S/C20H21F3N6O3/c1-10-14(11(2)29-19(24-10)27-18(28-29)20(21,22)23)6-8-17(31)26-16-9-13(32-4)5-7-15(16)25-12(3)30/h5,7,9H,6,8H2,1-4H3,(H,25,30)(H,26,31). The summed E-state index contributed by atoms with van der Waals surface area (Å²) in [6.45, 7) is 4.58. The normalized spacial score (nSPS) is 11.5. The lowest BCUT2D eigenvalue weighted by atomic mass is 10.1. The van der Waals surface area contributed by atoms with Crippen LogP contribution in [0.5, 0.6) is 5.75 Å². The molecule has 0 saturated carbocycles. The number of aromatic nitrogens is 4. The Morgan fingerprint density at radius 1 is 1.12 bits per heavy atom. The van der Waals surface area contributed by atoms with E-state index in [4.69, 9.17) is 4.74 Å². The van der Waals surface area contributed by atoms with Gasteiger partial charge in [0.05, 0.1) is 18.5 Å². The van der Waals surface area contributed by atoms with Crippen molar-refractivity contribution >= 4 is 29.0 Å². The molecule has 3 aromatic rings. The van der Waals surface area contributed by atoms with Crippen LogP contribution in [-0.4, -0.2) is 38.5 Å². The van der Waals surface area contributed by atoms with Crippen LogP contribution in [0.4, 0.5) is 24.5 Å². The van der Waals surface area contributed by atoms with Crippen molar-refractivity contribution in [2.75, 3.05) is 17.7 Å². The van der Waals surface area contributed by atoms with Gasteiger partial charge in [0.2, 0.25) is 11.8 Å². The minimum Gasteiger partial charge on any atom is -0.497 e. The molecule has 0 spiro atoms. The molecule has 3 rings (SSSR count). The highest BCUT2D eigenvalue weighted by Gasteiger charge is 2.37. The van der Waals surface area contributed by atoms with Gasteiger partial charge in [-0.15, -0.1) is 5.10 Å². The lowest BCUT2D eigenvalue weighted by molar-refractivity contribution is -0.144. The van der Waals surface area contributed by atoms with Crippen LogP contribution in [0, 0.1) is 13.8 Å². The highest BCUT2D eigenvalue weighted by Crippen LogP contribution is 2.28. The highest BCUT2D eigenvalue weighted by atomic mass is 19.4. The summed E-state index contributed by atoms with van der Waals surface area (Å²) in [6, 6.07) is 4.81. The van der Waals surface area contributed by atoms with Gasteiger partial charge in [0, 0.05) is 30.8 Å². The number of amides is 2. The molecular weight excluding hydrogens is 429 g/mol. The predicted octanol–water partition coefficient (Wildman–Crippen LogP) is 3.30. The van der Waals surface area contributed by atoms with E-state index in [2.05, 4.69) is 25.7 Å². The maximum Gasteiger partial charge on any atom is 0.453 e. The van der Waals surface area contributed by atoms with Gasteiger partial charge in [-0.3, -0.25) is 9.59 Å². The molecule has 32 heavy (non-hydrogen) atoms. The molecule has 0 atom stereocenters. The van der Waals surface area contributed by atoms with Gasteiger partial charge >= 0.3 is 6.18 Å². The number of aryl methyl sites for hydroxylation is 2. The summed E-state index contributed by atoms with van der Waals surface area (Å²) in [5.41, 5.74) is 2.24. The first kappa shape index (κ1) is 23.0. The lowest BCUT2D eigenvalue weighted by Crippen LogP contribution is -2.16. The summed E-state index contributed by atoms with van der Waals surface area (Å²) in [5, 5.41) is 8.85. The molecule has 0 aliphatic carbocycles. The molecule has 0 fully saturated rings. The molecule has 0 unspecified atom stereocenters. The molecule has 170 valence electrons. The second kappa shape index (κ2) is 8.81. The number of rotatable bonds is 6. The third-order valence-electron chi connectivity index (χ3n) is 4.72. The Kier molecular flexibility index (Phi) is 6.32. The van der Waals surface area contributed by atoms with Gasteiger partial charge in [-0.05, 0) is 38.0 Å². The first-order valence-electron chi connectivity index (χ1n) is 9.55. The van der Waals surface area contributed by atoms with Crippen molar-refractivity contribution in [2.24, 2.45) is 0 Å². The van der Waals surface area contributed by atoms with Crippen LogP contribution in [0.1, 0.15) is 36.1 Å². The number of ether oxygens (including phenoxy) is 1. The second-order valence-corrected chi connectivity index (χ2v) is 7.05. The third-order valence-corrected chi connectivity index (χ3v) is 4.72. The van der Waals surface area contributed by atoms with E-state index in [0.717, 1.165) is 4.52 Å².